The van der Waals surface area contributed by atoms with Gasteiger partial charge < -0.3 is 9.84 Å². The third kappa shape index (κ3) is 4.39. The number of ether oxygens (including phenoxy) is 1. The first-order valence-electron chi connectivity index (χ1n) is 10.4. The molecule has 0 aliphatic heterocycles. The summed E-state index contributed by atoms with van der Waals surface area (Å²) in [7, 11) is 0. The zero-order valence-electron chi connectivity index (χ0n) is 18.2. The second kappa shape index (κ2) is 8.06. The van der Waals surface area contributed by atoms with Crippen molar-refractivity contribution in [3.63, 3.8) is 0 Å². The summed E-state index contributed by atoms with van der Waals surface area (Å²) in [5, 5.41) is 9.21. The molecule has 0 bridgehead atoms. The molecule has 1 atom stereocenters. The molecular weight excluding hydrogens is 360 g/mol. The van der Waals surface area contributed by atoms with Crippen molar-refractivity contribution in [3.05, 3.63) is 82.6 Å². The average Bonchev–Trinajstić information content (AvgIpc) is 2.69. The number of carboxylic acid groups (broad SMARTS) is 1. The monoisotopic (exact) mass is 392 g/mol. The number of allylic oxidation sites excluding steroid dienone is 1. The predicted molar refractivity (Wildman–Crippen MR) is 118 cm³/mol. The standard InChI is InChI=1S/C26H32O3/c1-6-29-16-13-21(18-7-9-19(10-8-18)24(27)28)20-11-12-22-23(17-20)26(4,5)15-14-25(22,2)3/h7-13,16-17,21H,6,14-15H2,1-5H3,(H,27,28). The summed E-state index contributed by atoms with van der Waals surface area (Å²) in [6.07, 6.45) is 6.17. The van der Waals surface area contributed by atoms with Crippen LogP contribution < -0.4 is 0 Å². The molecule has 0 amide bonds. The first-order valence-corrected chi connectivity index (χ1v) is 10.4. The Morgan fingerprint density at radius 1 is 1.00 bits per heavy atom. The number of fused-ring (bicyclic) bond motifs is 1. The van der Waals surface area contributed by atoms with E-state index in [2.05, 4.69) is 52.0 Å². The van der Waals surface area contributed by atoms with E-state index in [4.69, 9.17) is 4.74 Å². The molecule has 1 unspecified atom stereocenters. The van der Waals surface area contributed by atoms with E-state index in [0.717, 1.165) is 5.56 Å². The molecule has 1 aliphatic carbocycles. The molecule has 0 aromatic heterocycles. The minimum atomic E-state index is -0.907. The van der Waals surface area contributed by atoms with Crippen LogP contribution in [0.1, 0.15) is 86.0 Å². The van der Waals surface area contributed by atoms with Crippen molar-refractivity contribution < 1.29 is 14.6 Å². The number of benzene rings is 2. The molecule has 1 aliphatic rings. The zero-order valence-corrected chi connectivity index (χ0v) is 18.2. The van der Waals surface area contributed by atoms with Gasteiger partial charge in [0.2, 0.25) is 0 Å². The Balaban J connectivity index is 2.08. The molecule has 3 nitrogen and oxygen atoms in total. The second-order valence-corrected chi connectivity index (χ2v) is 9.26. The Labute approximate surface area is 174 Å². The molecule has 0 radical (unpaired) electrons. The van der Waals surface area contributed by atoms with Crippen LogP contribution in [0.5, 0.6) is 0 Å². The Bertz CT molecular complexity index is 904. The summed E-state index contributed by atoms with van der Waals surface area (Å²) in [6, 6.07) is 14.0. The lowest BCUT2D eigenvalue weighted by molar-refractivity contribution is 0.0697. The molecule has 2 aromatic rings. The molecule has 3 heteroatoms. The maximum absolute atomic E-state index is 11.2. The van der Waals surface area contributed by atoms with Gasteiger partial charge in [0.15, 0.2) is 0 Å². The normalized spacial score (nSPS) is 18.2. The molecule has 29 heavy (non-hydrogen) atoms. The molecule has 0 saturated carbocycles. The van der Waals surface area contributed by atoms with Crippen molar-refractivity contribution in [1.29, 1.82) is 0 Å². The van der Waals surface area contributed by atoms with E-state index in [1.165, 1.54) is 29.5 Å². The molecular formula is C26H32O3. The van der Waals surface area contributed by atoms with Crippen LogP contribution >= 0.6 is 0 Å². The Morgan fingerprint density at radius 3 is 2.17 bits per heavy atom. The SMILES string of the molecule is CCOC=CC(c1ccc(C(=O)O)cc1)c1ccc2c(c1)C(C)(C)CCC2(C)C. The molecule has 0 spiro atoms. The van der Waals surface area contributed by atoms with Crippen LogP contribution in [-0.4, -0.2) is 17.7 Å². The van der Waals surface area contributed by atoms with Crippen LogP contribution in [0.2, 0.25) is 0 Å². The molecule has 0 fully saturated rings. The van der Waals surface area contributed by atoms with Crippen LogP contribution in [0, 0.1) is 0 Å². The summed E-state index contributed by atoms with van der Waals surface area (Å²) >= 11 is 0. The Hall–Kier alpha value is -2.55. The predicted octanol–water partition coefficient (Wildman–Crippen LogP) is 6.42. The fourth-order valence-corrected chi connectivity index (χ4v) is 4.28. The van der Waals surface area contributed by atoms with E-state index in [-0.39, 0.29) is 16.7 Å². The molecule has 3 rings (SSSR count). The summed E-state index contributed by atoms with van der Waals surface area (Å²) in [5.74, 6) is -0.897. The van der Waals surface area contributed by atoms with E-state index in [9.17, 15) is 9.90 Å². The van der Waals surface area contributed by atoms with E-state index in [1.807, 2.05) is 19.1 Å². The van der Waals surface area contributed by atoms with E-state index >= 15 is 0 Å². The van der Waals surface area contributed by atoms with Gasteiger partial charge in [-0.3, -0.25) is 0 Å². The average molecular weight is 393 g/mol. The molecule has 154 valence electrons. The second-order valence-electron chi connectivity index (χ2n) is 9.26. The van der Waals surface area contributed by atoms with Gasteiger partial charge >= 0.3 is 5.97 Å². The highest BCUT2D eigenvalue weighted by molar-refractivity contribution is 5.87. The van der Waals surface area contributed by atoms with Gasteiger partial charge in [0.1, 0.15) is 0 Å². The first-order chi connectivity index (χ1) is 13.7. The molecule has 1 N–H and O–H groups in total. The zero-order chi connectivity index (χ0) is 21.2. The van der Waals surface area contributed by atoms with Crippen molar-refractivity contribution in [1.82, 2.24) is 0 Å². The van der Waals surface area contributed by atoms with Crippen LogP contribution in [0.15, 0.2) is 54.8 Å². The summed E-state index contributed by atoms with van der Waals surface area (Å²) in [6.45, 7) is 11.9. The van der Waals surface area contributed by atoms with Crippen molar-refractivity contribution in [3.8, 4) is 0 Å². The summed E-state index contributed by atoms with van der Waals surface area (Å²) < 4.78 is 5.48. The van der Waals surface area contributed by atoms with Gasteiger partial charge in [-0.15, -0.1) is 0 Å². The highest BCUT2D eigenvalue weighted by Crippen LogP contribution is 2.46. The highest BCUT2D eigenvalue weighted by Gasteiger charge is 2.37. The van der Waals surface area contributed by atoms with Gasteiger partial charge in [-0.2, -0.15) is 0 Å². The number of carbonyl (C=O) groups is 1. The number of rotatable bonds is 6. The van der Waals surface area contributed by atoms with Crippen LogP contribution in [-0.2, 0) is 15.6 Å². The van der Waals surface area contributed by atoms with Gasteiger partial charge in [-0.25, -0.2) is 4.79 Å². The molecule has 2 aromatic carbocycles. The Morgan fingerprint density at radius 2 is 1.59 bits per heavy atom. The quantitative estimate of drug-likeness (QED) is 0.577. The third-order valence-electron chi connectivity index (χ3n) is 6.29. The van der Waals surface area contributed by atoms with E-state index < -0.39 is 5.97 Å². The number of aromatic carboxylic acids is 1. The molecule has 0 saturated heterocycles. The van der Waals surface area contributed by atoms with Crippen molar-refractivity contribution in [2.75, 3.05) is 6.61 Å². The lowest BCUT2D eigenvalue weighted by Crippen LogP contribution is -2.34. The largest absolute Gasteiger partial charge is 0.502 e. The Kier molecular flexibility index (Phi) is 5.88. The number of hydrogen-bond acceptors (Lipinski definition) is 2. The van der Waals surface area contributed by atoms with E-state index in [0.29, 0.717) is 12.2 Å². The van der Waals surface area contributed by atoms with Gasteiger partial charge in [0.25, 0.3) is 0 Å². The van der Waals surface area contributed by atoms with Crippen molar-refractivity contribution in [2.45, 2.75) is 64.2 Å². The van der Waals surface area contributed by atoms with Crippen LogP contribution in [0.25, 0.3) is 0 Å². The topological polar surface area (TPSA) is 46.5 Å². The van der Waals surface area contributed by atoms with Gasteiger partial charge in [0.05, 0.1) is 18.4 Å². The summed E-state index contributed by atoms with van der Waals surface area (Å²) in [4.78, 5) is 11.2. The minimum absolute atomic E-state index is 0.00975. The lowest BCUT2D eigenvalue weighted by atomic mass is 9.62. The van der Waals surface area contributed by atoms with E-state index in [1.54, 1.807) is 18.4 Å². The first kappa shape index (κ1) is 21.2. The van der Waals surface area contributed by atoms with Crippen LogP contribution in [0.4, 0.5) is 0 Å². The fourth-order valence-electron chi connectivity index (χ4n) is 4.28. The van der Waals surface area contributed by atoms with Gasteiger partial charge in [-0.1, -0.05) is 58.0 Å². The molecule has 0 heterocycles. The van der Waals surface area contributed by atoms with Gasteiger partial charge in [-0.05, 0) is 71.1 Å². The number of hydrogen-bond donors (Lipinski definition) is 1. The smallest absolute Gasteiger partial charge is 0.335 e. The third-order valence-corrected chi connectivity index (χ3v) is 6.29. The van der Waals surface area contributed by atoms with Crippen molar-refractivity contribution >= 4 is 5.97 Å². The van der Waals surface area contributed by atoms with Crippen LogP contribution in [0.3, 0.4) is 0 Å². The summed E-state index contributed by atoms with van der Waals surface area (Å²) in [5.41, 5.74) is 5.74. The maximum atomic E-state index is 11.2. The maximum Gasteiger partial charge on any atom is 0.335 e. The van der Waals surface area contributed by atoms with Crippen molar-refractivity contribution in [2.24, 2.45) is 0 Å². The van der Waals surface area contributed by atoms with Gasteiger partial charge in [0, 0.05) is 5.92 Å². The number of carboxylic acids is 1. The highest BCUT2D eigenvalue weighted by atomic mass is 16.5. The lowest BCUT2D eigenvalue weighted by Gasteiger charge is -2.42. The minimum Gasteiger partial charge on any atom is -0.502 e. The fraction of sp³-hybridized carbons (Fsp3) is 0.423.